The number of hydrogen-bond donors (Lipinski definition) is 2. The van der Waals surface area contributed by atoms with Gasteiger partial charge in [-0.2, -0.15) is 0 Å². The third kappa shape index (κ3) is 4.45. The van der Waals surface area contributed by atoms with Crippen LogP contribution in [0.5, 0.6) is 0 Å². The van der Waals surface area contributed by atoms with Gasteiger partial charge in [0.05, 0.1) is 6.33 Å². The quantitative estimate of drug-likeness (QED) is 0.811. The molecule has 0 unspecified atom stereocenters. The number of carboxylic acid groups (broad SMARTS) is 1. The van der Waals surface area contributed by atoms with Crippen LogP contribution in [0, 0.1) is 0 Å². The van der Waals surface area contributed by atoms with Gasteiger partial charge in [-0.15, -0.1) is 0 Å². The molecular formula is C13H21N5O3. The van der Waals surface area contributed by atoms with Gasteiger partial charge in [-0.05, 0) is 20.0 Å². The van der Waals surface area contributed by atoms with E-state index in [1.165, 1.54) is 12.5 Å². The first kappa shape index (κ1) is 15.3. The van der Waals surface area contributed by atoms with E-state index < -0.39 is 5.97 Å². The number of urea groups is 1. The van der Waals surface area contributed by atoms with Crippen molar-refractivity contribution >= 4 is 12.0 Å². The zero-order chi connectivity index (χ0) is 15.2. The summed E-state index contributed by atoms with van der Waals surface area (Å²) in [6.07, 6.45) is 3.89. The fraction of sp³-hybridized carbons (Fsp3) is 0.615. The van der Waals surface area contributed by atoms with E-state index in [-0.39, 0.29) is 11.7 Å². The molecule has 1 saturated heterocycles. The number of nitrogens with zero attached hydrogens (tertiary/aromatic N) is 4. The zero-order valence-electron chi connectivity index (χ0n) is 12.2. The standard InChI is InChI=1S/C13H21N5O3/c1-16-4-2-5-18(8-7-16)13(21)14-3-6-17-9-11(12(19)20)15-10-17/h9-10H,2-8H2,1H3,(H,14,21)(H,19,20). The first-order valence-corrected chi connectivity index (χ1v) is 7.02. The lowest BCUT2D eigenvalue weighted by Crippen LogP contribution is -2.42. The third-order valence-electron chi connectivity index (χ3n) is 3.51. The van der Waals surface area contributed by atoms with Crippen LogP contribution in [0.15, 0.2) is 12.5 Å². The van der Waals surface area contributed by atoms with Crippen LogP contribution in [-0.2, 0) is 6.54 Å². The number of hydrogen-bond acceptors (Lipinski definition) is 4. The van der Waals surface area contributed by atoms with Gasteiger partial charge in [-0.1, -0.05) is 0 Å². The molecule has 0 bridgehead atoms. The normalized spacial score (nSPS) is 16.5. The minimum atomic E-state index is -1.05. The summed E-state index contributed by atoms with van der Waals surface area (Å²) in [6.45, 7) is 4.34. The Kier molecular flexibility index (Phi) is 5.15. The molecule has 0 spiro atoms. The molecule has 0 aromatic carbocycles. The molecule has 1 aromatic rings. The average molecular weight is 295 g/mol. The lowest BCUT2D eigenvalue weighted by molar-refractivity contribution is 0.0691. The van der Waals surface area contributed by atoms with Crippen LogP contribution in [0.3, 0.4) is 0 Å². The fourth-order valence-corrected chi connectivity index (χ4v) is 2.25. The van der Waals surface area contributed by atoms with E-state index in [4.69, 9.17) is 5.11 Å². The van der Waals surface area contributed by atoms with E-state index in [9.17, 15) is 9.59 Å². The summed E-state index contributed by atoms with van der Waals surface area (Å²) >= 11 is 0. The van der Waals surface area contributed by atoms with Crippen molar-refractivity contribution in [2.45, 2.75) is 13.0 Å². The maximum atomic E-state index is 12.0. The minimum Gasteiger partial charge on any atom is -0.476 e. The molecule has 2 heterocycles. The van der Waals surface area contributed by atoms with Gasteiger partial charge in [0.2, 0.25) is 0 Å². The van der Waals surface area contributed by atoms with E-state index in [1.54, 1.807) is 4.57 Å². The number of carbonyl (C=O) groups excluding carboxylic acids is 1. The Balaban J connectivity index is 1.74. The summed E-state index contributed by atoms with van der Waals surface area (Å²) in [5.74, 6) is -1.05. The highest BCUT2D eigenvalue weighted by Crippen LogP contribution is 2.01. The highest BCUT2D eigenvalue weighted by atomic mass is 16.4. The number of rotatable bonds is 4. The molecule has 1 aromatic heterocycles. The van der Waals surface area contributed by atoms with Crippen molar-refractivity contribution in [2.24, 2.45) is 0 Å². The molecule has 1 aliphatic heterocycles. The molecule has 8 heteroatoms. The summed E-state index contributed by atoms with van der Waals surface area (Å²) in [5, 5.41) is 11.6. The van der Waals surface area contributed by atoms with Crippen LogP contribution < -0.4 is 5.32 Å². The summed E-state index contributed by atoms with van der Waals surface area (Å²) in [4.78, 5) is 30.5. The van der Waals surface area contributed by atoms with Gasteiger partial charge in [0.15, 0.2) is 5.69 Å². The van der Waals surface area contributed by atoms with E-state index in [0.29, 0.717) is 13.1 Å². The summed E-state index contributed by atoms with van der Waals surface area (Å²) in [5.41, 5.74) is 0.0110. The molecule has 2 rings (SSSR count). The van der Waals surface area contributed by atoms with Crippen molar-refractivity contribution in [3.8, 4) is 0 Å². The fourth-order valence-electron chi connectivity index (χ4n) is 2.25. The van der Waals surface area contributed by atoms with Crippen molar-refractivity contribution in [1.29, 1.82) is 0 Å². The zero-order valence-corrected chi connectivity index (χ0v) is 12.2. The molecule has 0 atom stereocenters. The Labute approximate surface area is 123 Å². The summed E-state index contributed by atoms with van der Waals surface area (Å²) in [6, 6.07) is -0.0659. The largest absolute Gasteiger partial charge is 0.476 e. The second-order valence-electron chi connectivity index (χ2n) is 5.18. The highest BCUT2D eigenvalue weighted by molar-refractivity contribution is 5.84. The van der Waals surface area contributed by atoms with Crippen LogP contribution in [0.2, 0.25) is 0 Å². The average Bonchev–Trinajstić information content (AvgIpc) is 2.81. The number of nitrogens with one attached hydrogen (secondary N) is 1. The molecule has 8 nitrogen and oxygen atoms in total. The Morgan fingerprint density at radius 1 is 1.33 bits per heavy atom. The maximum Gasteiger partial charge on any atom is 0.356 e. The van der Waals surface area contributed by atoms with Gasteiger partial charge in [-0.3, -0.25) is 0 Å². The number of amides is 2. The van der Waals surface area contributed by atoms with Crippen molar-refractivity contribution < 1.29 is 14.7 Å². The third-order valence-corrected chi connectivity index (χ3v) is 3.51. The number of aromatic nitrogens is 2. The first-order valence-electron chi connectivity index (χ1n) is 7.02. The highest BCUT2D eigenvalue weighted by Gasteiger charge is 2.16. The second kappa shape index (κ2) is 7.07. The molecule has 2 amide bonds. The van der Waals surface area contributed by atoms with Crippen LogP contribution in [0.25, 0.3) is 0 Å². The lowest BCUT2D eigenvalue weighted by Gasteiger charge is -2.21. The topological polar surface area (TPSA) is 90.7 Å². The Morgan fingerprint density at radius 2 is 2.14 bits per heavy atom. The molecule has 1 aliphatic rings. The predicted molar refractivity (Wildman–Crippen MR) is 76.3 cm³/mol. The second-order valence-corrected chi connectivity index (χ2v) is 5.18. The van der Waals surface area contributed by atoms with Gasteiger partial charge in [0.25, 0.3) is 0 Å². The molecule has 0 saturated carbocycles. The van der Waals surface area contributed by atoms with Crippen molar-refractivity contribution in [3.63, 3.8) is 0 Å². The Morgan fingerprint density at radius 3 is 2.86 bits per heavy atom. The molecule has 1 fully saturated rings. The van der Waals surface area contributed by atoms with E-state index >= 15 is 0 Å². The molecule has 2 N–H and O–H groups in total. The van der Waals surface area contributed by atoms with Crippen LogP contribution in [-0.4, -0.2) is 76.2 Å². The van der Waals surface area contributed by atoms with Crippen molar-refractivity contribution in [1.82, 2.24) is 24.7 Å². The van der Waals surface area contributed by atoms with E-state index in [0.717, 1.165) is 32.6 Å². The van der Waals surface area contributed by atoms with Crippen molar-refractivity contribution in [2.75, 3.05) is 39.8 Å². The van der Waals surface area contributed by atoms with Gasteiger partial charge in [0.1, 0.15) is 0 Å². The van der Waals surface area contributed by atoms with Gasteiger partial charge >= 0.3 is 12.0 Å². The monoisotopic (exact) mass is 295 g/mol. The molecular weight excluding hydrogens is 274 g/mol. The molecule has 21 heavy (non-hydrogen) atoms. The minimum absolute atomic E-state index is 0.0110. The SMILES string of the molecule is CN1CCCN(C(=O)NCCn2cnc(C(=O)O)c2)CC1. The van der Waals surface area contributed by atoms with Gasteiger partial charge < -0.3 is 24.8 Å². The van der Waals surface area contributed by atoms with Crippen molar-refractivity contribution in [3.05, 3.63) is 18.2 Å². The molecule has 0 aliphatic carbocycles. The number of likely N-dealkylation sites (N-methyl/N-ethyl adjacent to an activating group) is 1. The lowest BCUT2D eigenvalue weighted by atomic mass is 10.4. The van der Waals surface area contributed by atoms with Crippen LogP contribution in [0.1, 0.15) is 16.9 Å². The molecule has 0 radical (unpaired) electrons. The van der Waals surface area contributed by atoms with Crippen LogP contribution >= 0.6 is 0 Å². The first-order chi connectivity index (χ1) is 10.1. The van der Waals surface area contributed by atoms with E-state index in [2.05, 4.69) is 22.2 Å². The predicted octanol–water partition coefficient (Wildman–Crippen LogP) is -0.0716. The molecule has 116 valence electrons. The number of carbonyl (C=O) groups is 2. The summed E-state index contributed by atoms with van der Waals surface area (Å²) in [7, 11) is 2.06. The van der Waals surface area contributed by atoms with Crippen LogP contribution in [0.4, 0.5) is 4.79 Å². The Bertz CT molecular complexity index is 502. The number of imidazole rings is 1. The van der Waals surface area contributed by atoms with Gasteiger partial charge in [0, 0.05) is 38.9 Å². The van der Waals surface area contributed by atoms with Gasteiger partial charge in [-0.25, -0.2) is 14.6 Å². The maximum absolute atomic E-state index is 12.0. The Hall–Kier alpha value is -2.09. The smallest absolute Gasteiger partial charge is 0.356 e. The summed E-state index contributed by atoms with van der Waals surface area (Å²) < 4.78 is 1.65. The number of carboxylic acids is 1. The number of aromatic carboxylic acids is 1. The van der Waals surface area contributed by atoms with E-state index in [1.807, 2.05) is 4.90 Å².